The predicted octanol–water partition coefficient (Wildman–Crippen LogP) is 2.85. The Balaban J connectivity index is 2.90. The Morgan fingerprint density at radius 2 is 2.22 bits per heavy atom. The molecule has 0 spiro atoms. The average molecular weight is 285 g/mol. The van der Waals surface area contributed by atoms with Crippen LogP contribution in [0.3, 0.4) is 0 Å². The van der Waals surface area contributed by atoms with Crippen molar-refractivity contribution in [2.75, 3.05) is 19.5 Å². The third kappa shape index (κ3) is 4.15. The Hall–Kier alpha value is -0.780. The first-order valence-electron chi connectivity index (χ1n) is 5.81. The third-order valence-corrected chi connectivity index (χ3v) is 3.32. The molecule has 0 aliphatic carbocycles. The van der Waals surface area contributed by atoms with E-state index in [9.17, 15) is 0 Å². The number of hydrogen-bond donors (Lipinski definition) is 1. The van der Waals surface area contributed by atoms with Crippen LogP contribution in [0.2, 0.25) is 0 Å². The van der Waals surface area contributed by atoms with Crippen molar-refractivity contribution in [3.8, 4) is 5.75 Å². The normalized spacial score (nSPS) is 12.2. The highest BCUT2D eigenvalue weighted by molar-refractivity contribution is 7.98. The Labute approximate surface area is 118 Å². The van der Waals surface area contributed by atoms with Gasteiger partial charge in [0.25, 0.3) is 0 Å². The minimum Gasteiger partial charge on any atom is -0.488 e. The number of thioether (sulfide) groups is 1. The van der Waals surface area contributed by atoms with Gasteiger partial charge in [-0.3, -0.25) is 0 Å². The van der Waals surface area contributed by atoms with Gasteiger partial charge in [-0.2, -0.15) is 0 Å². The first-order valence-corrected chi connectivity index (χ1v) is 7.44. The molecule has 0 bridgehead atoms. The minimum atomic E-state index is -0.0323. The third-order valence-electron chi connectivity index (χ3n) is 2.34. The van der Waals surface area contributed by atoms with E-state index in [2.05, 4.69) is 0 Å². The van der Waals surface area contributed by atoms with Crippen molar-refractivity contribution in [1.29, 1.82) is 0 Å². The maximum absolute atomic E-state index is 5.85. The van der Waals surface area contributed by atoms with E-state index >= 15 is 0 Å². The van der Waals surface area contributed by atoms with Gasteiger partial charge in [-0.15, -0.1) is 11.8 Å². The van der Waals surface area contributed by atoms with E-state index < -0.39 is 0 Å². The lowest BCUT2D eigenvalue weighted by Crippen LogP contribution is -2.21. The van der Waals surface area contributed by atoms with Crippen molar-refractivity contribution in [2.45, 2.75) is 24.8 Å². The zero-order valence-electron chi connectivity index (χ0n) is 10.9. The van der Waals surface area contributed by atoms with Crippen LogP contribution in [-0.2, 0) is 4.74 Å². The molecule has 100 valence electrons. The van der Waals surface area contributed by atoms with E-state index in [0.29, 0.717) is 18.2 Å². The number of rotatable bonds is 7. The molecule has 1 rings (SSSR count). The van der Waals surface area contributed by atoms with Gasteiger partial charge in [0.1, 0.15) is 16.8 Å². The SMILES string of the molecule is CCOCC(C)Oc1cccc(SC)c1C(N)=S. The summed E-state index contributed by atoms with van der Waals surface area (Å²) < 4.78 is 11.2. The van der Waals surface area contributed by atoms with Crippen LogP contribution in [0.4, 0.5) is 0 Å². The molecule has 1 aromatic rings. The van der Waals surface area contributed by atoms with Gasteiger partial charge in [0.05, 0.1) is 12.2 Å². The van der Waals surface area contributed by atoms with Crippen molar-refractivity contribution in [3.05, 3.63) is 23.8 Å². The van der Waals surface area contributed by atoms with Crippen molar-refractivity contribution < 1.29 is 9.47 Å². The molecule has 0 aliphatic heterocycles. The summed E-state index contributed by atoms with van der Waals surface area (Å²) in [7, 11) is 0. The summed E-state index contributed by atoms with van der Waals surface area (Å²) in [5, 5.41) is 0. The first kappa shape index (κ1) is 15.3. The lowest BCUT2D eigenvalue weighted by Gasteiger charge is -2.18. The van der Waals surface area contributed by atoms with Gasteiger partial charge in [-0.25, -0.2) is 0 Å². The van der Waals surface area contributed by atoms with Gasteiger partial charge in [0.15, 0.2) is 0 Å². The number of nitrogens with two attached hydrogens (primary N) is 1. The molecule has 1 aromatic carbocycles. The monoisotopic (exact) mass is 285 g/mol. The smallest absolute Gasteiger partial charge is 0.131 e. The van der Waals surface area contributed by atoms with Crippen molar-refractivity contribution in [3.63, 3.8) is 0 Å². The number of ether oxygens (including phenoxy) is 2. The van der Waals surface area contributed by atoms with Crippen LogP contribution < -0.4 is 10.5 Å². The van der Waals surface area contributed by atoms with E-state index in [0.717, 1.165) is 16.2 Å². The molecule has 1 atom stereocenters. The van der Waals surface area contributed by atoms with E-state index in [-0.39, 0.29) is 6.10 Å². The maximum Gasteiger partial charge on any atom is 0.131 e. The second-order valence-corrected chi connectivity index (χ2v) is 5.07. The number of benzene rings is 1. The second kappa shape index (κ2) is 7.61. The summed E-state index contributed by atoms with van der Waals surface area (Å²) in [6, 6.07) is 5.81. The fourth-order valence-corrected chi connectivity index (χ4v) is 2.46. The Morgan fingerprint density at radius 1 is 1.50 bits per heavy atom. The lowest BCUT2D eigenvalue weighted by molar-refractivity contribution is 0.0655. The van der Waals surface area contributed by atoms with Crippen LogP contribution in [0.15, 0.2) is 23.1 Å². The van der Waals surface area contributed by atoms with Crippen LogP contribution in [0.25, 0.3) is 0 Å². The van der Waals surface area contributed by atoms with Crippen LogP contribution in [-0.4, -0.2) is 30.6 Å². The highest BCUT2D eigenvalue weighted by Gasteiger charge is 2.14. The van der Waals surface area contributed by atoms with Gasteiger partial charge in [0.2, 0.25) is 0 Å². The molecular formula is C13H19NO2S2. The average Bonchev–Trinajstić information content (AvgIpc) is 2.35. The fourth-order valence-electron chi connectivity index (χ4n) is 1.56. The highest BCUT2D eigenvalue weighted by atomic mass is 32.2. The Kier molecular flexibility index (Phi) is 6.46. The number of hydrogen-bond acceptors (Lipinski definition) is 4. The molecule has 0 saturated carbocycles. The molecule has 0 radical (unpaired) electrons. The molecule has 3 nitrogen and oxygen atoms in total. The summed E-state index contributed by atoms with van der Waals surface area (Å²) in [6.07, 6.45) is 1.96. The lowest BCUT2D eigenvalue weighted by atomic mass is 10.2. The molecule has 5 heteroatoms. The summed E-state index contributed by atoms with van der Waals surface area (Å²) in [4.78, 5) is 1.39. The Morgan fingerprint density at radius 3 is 2.78 bits per heavy atom. The molecule has 1 unspecified atom stereocenters. The summed E-state index contributed by atoms with van der Waals surface area (Å²) >= 11 is 6.70. The standard InChI is InChI=1S/C13H19NO2S2/c1-4-15-8-9(2)16-10-6-5-7-11(18-3)12(10)13(14)17/h5-7,9H,4,8H2,1-3H3,(H2,14,17). The summed E-state index contributed by atoms with van der Waals surface area (Å²) in [6.45, 7) is 5.16. The first-order chi connectivity index (χ1) is 8.60. The molecule has 0 aliphatic rings. The van der Waals surface area contributed by atoms with E-state index in [4.69, 9.17) is 27.4 Å². The van der Waals surface area contributed by atoms with Gasteiger partial charge in [-0.1, -0.05) is 18.3 Å². The van der Waals surface area contributed by atoms with E-state index in [1.54, 1.807) is 11.8 Å². The Bertz CT molecular complexity index is 410. The van der Waals surface area contributed by atoms with Gasteiger partial charge in [0, 0.05) is 11.5 Å². The zero-order chi connectivity index (χ0) is 13.5. The van der Waals surface area contributed by atoms with Crippen LogP contribution >= 0.6 is 24.0 Å². The quantitative estimate of drug-likeness (QED) is 0.616. The maximum atomic E-state index is 5.85. The van der Waals surface area contributed by atoms with Gasteiger partial charge >= 0.3 is 0 Å². The molecule has 0 aromatic heterocycles. The topological polar surface area (TPSA) is 44.5 Å². The highest BCUT2D eigenvalue weighted by Crippen LogP contribution is 2.29. The van der Waals surface area contributed by atoms with Crippen LogP contribution in [0.1, 0.15) is 19.4 Å². The zero-order valence-corrected chi connectivity index (χ0v) is 12.6. The predicted molar refractivity (Wildman–Crippen MR) is 80.7 cm³/mol. The van der Waals surface area contributed by atoms with Crippen molar-refractivity contribution in [1.82, 2.24) is 0 Å². The van der Waals surface area contributed by atoms with Gasteiger partial charge in [-0.05, 0) is 32.2 Å². The molecule has 0 saturated heterocycles. The molecular weight excluding hydrogens is 266 g/mol. The molecule has 18 heavy (non-hydrogen) atoms. The summed E-state index contributed by atoms with van der Waals surface area (Å²) in [5.41, 5.74) is 6.58. The van der Waals surface area contributed by atoms with E-state index in [1.807, 2.05) is 38.3 Å². The minimum absolute atomic E-state index is 0.0323. The van der Waals surface area contributed by atoms with Crippen molar-refractivity contribution >= 4 is 29.0 Å². The van der Waals surface area contributed by atoms with Crippen molar-refractivity contribution in [2.24, 2.45) is 5.73 Å². The molecule has 2 N–H and O–H groups in total. The fraction of sp³-hybridized carbons (Fsp3) is 0.462. The van der Waals surface area contributed by atoms with Gasteiger partial charge < -0.3 is 15.2 Å². The largest absolute Gasteiger partial charge is 0.488 e. The second-order valence-electron chi connectivity index (χ2n) is 3.79. The van der Waals surface area contributed by atoms with E-state index in [1.165, 1.54) is 0 Å². The van der Waals surface area contributed by atoms with Crippen LogP contribution in [0, 0.1) is 0 Å². The molecule has 0 heterocycles. The summed E-state index contributed by atoms with van der Waals surface area (Å²) in [5.74, 6) is 0.724. The number of thiocarbonyl (C=S) groups is 1. The molecule has 0 amide bonds. The van der Waals surface area contributed by atoms with Crippen LogP contribution in [0.5, 0.6) is 5.75 Å². The molecule has 0 fully saturated rings.